The van der Waals surface area contributed by atoms with Crippen LogP contribution in [0.5, 0.6) is 0 Å². The lowest BCUT2D eigenvalue weighted by atomic mass is 10.4. The molecule has 0 saturated heterocycles. The molecular weight excluding hydrogens is 393 g/mol. The number of esters is 1. The summed E-state index contributed by atoms with van der Waals surface area (Å²) in [6, 6.07) is 3.82. The Hall–Kier alpha value is -1.75. The second-order valence-corrected chi connectivity index (χ2v) is 7.46. The molecule has 0 unspecified atom stereocenters. The maximum absolute atomic E-state index is 12.1. The number of carbonyl (C=O) groups excluding carboxylic acids is 1. The highest BCUT2D eigenvalue weighted by molar-refractivity contribution is 7.89. The van der Waals surface area contributed by atoms with Gasteiger partial charge >= 0.3 is 5.97 Å². The fraction of sp³-hybridized carbons (Fsp3) is 0.385. The molecule has 1 aromatic heterocycles. The van der Waals surface area contributed by atoms with Gasteiger partial charge in [-0.25, -0.2) is 13.1 Å². The second kappa shape index (κ2) is 8.56. The summed E-state index contributed by atoms with van der Waals surface area (Å²) in [6.45, 7) is 1.84. The molecule has 2 aromatic rings. The largest absolute Gasteiger partial charge is 0.456 e. The van der Waals surface area contributed by atoms with Gasteiger partial charge in [-0.15, -0.1) is 5.10 Å². The standard InChI is InChI=1S/C13H15Cl2N5O4S/c1-2-5-20-12(17-18-19-20)8-24-13(21)7-16-25(22,23)9-3-4-10(14)11(15)6-9/h3-4,6,16H,2,5,7-8H2,1H3. The minimum absolute atomic E-state index is 0.0925. The van der Waals surface area contributed by atoms with Gasteiger partial charge in [0.2, 0.25) is 10.0 Å². The predicted molar refractivity (Wildman–Crippen MR) is 89.6 cm³/mol. The molecule has 1 heterocycles. The maximum Gasteiger partial charge on any atom is 0.321 e. The lowest BCUT2D eigenvalue weighted by Crippen LogP contribution is -2.30. The van der Waals surface area contributed by atoms with Gasteiger partial charge in [0.1, 0.15) is 6.54 Å². The Morgan fingerprint density at radius 3 is 2.76 bits per heavy atom. The Bertz CT molecular complexity index is 856. The van der Waals surface area contributed by atoms with E-state index in [1.54, 1.807) is 0 Å². The van der Waals surface area contributed by atoms with Crippen molar-refractivity contribution < 1.29 is 17.9 Å². The summed E-state index contributed by atoms with van der Waals surface area (Å²) < 4.78 is 32.8. The Labute approximate surface area is 154 Å². The van der Waals surface area contributed by atoms with E-state index in [1.165, 1.54) is 22.9 Å². The second-order valence-electron chi connectivity index (χ2n) is 4.88. The van der Waals surface area contributed by atoms with Crippen LogP contribution in [0.1, 0.15) is 19.2 Å². The van der Waals surface area contributed by atoms with Crippen molar-refractivity contribution in [2.45, 2.75) is 31.4 Å². The van der Waals surface area contributed by atoms with Crippen molar-refractivity contribution in [3.8, 4) is 0 Å². The zero-order valence-electron chi connectivity index (χ0n) is 13.1. The Morgan fingerprint density at radius 1 is 1.32 bits per heavy atom. The topological polar surface area (TPSA) is 116 Å². The van der Waals surface area contributed by atoms with Crippen LogP contribution in [0.2, 0.25) is 10.0 Å². The molecule has 0 aliphatic heterocycles. The van der Waals surface area contributed by atoms with Crippen LogP contribution >= 0.6 is 23.2 Å². The number of hydrogen-bond donors (Lipinski definition) is 1. The van der Waals surface area contributed by atoms with Gasteiger partial charge in [0.25, 0.3) is 0 Å². The number of nitrogens with zero attached hydrogens (tertiary/aromatic N) is 4. The number of hydrogen-bond acceptors (Lipinski definition) is 7. The van der Waals surface area contributed by atoms with Crippen molar-refractivity contribution in [3.63, 3.8) is 0 Å². The fourth-order valence-electron chi connectivity index (χ4n) is 1.79. The van der Waals surface area contributed by atoms with E-state index in [4.69, 9.17) is 27.9 Å². The summed E-state index contributed by atoms with van der Waals surface area (Å²) >= 11 is 11.5. The average molecular weight is 408 g/mol. The highest BCUT2D eigenvalue weighted by Gasteiger charge is 2.18. The first-order valence-corrected chi connectivity index (χ1v) is 9.42. The molecule has 1 aromatic carbocycles. The van der Waals surface area contributed by atoms with Crippen LogP contribution in [0, 0.1) is 0 Å². The average Bonchev–Trinajstić information content (AvgIpc) is 3.01. The van der Waals surface area contributed by atoms with Crippen molar-refractivity contribution >= 4 is 39.2 Å². The molecule has 0 spiro atoms. The van der Waals surface area contributed by atoms with E-state index >= 15 is 0 Å². The molecule has 0 amide bonds. The van der Waals surface area contributed by atoms with Gasteiger partial charge in [-0.05, 0) is 35.0 Å². The molecule has 25 heavy (non-hydrogen) atoms. The summed E-state index contributed by atoms with van der Waals surface area (Å²) in [4.78, 5) is 11.6. The van der Waals surface area contributed by atoms with Gasteiger partial charge < -0.3 is 4.74 Å². The van der Waals surface area contributed by atoms with Crippen LogP contribution < -0.4 is 4.72 Å². The number of ether oxygens (including phenoxy) is 1. The van der Waals surface area contributed by atoms with Gasteiger partial charge in [-0.3, -0.25) is 4.79 Å². The van der Waals surface area contributed by atoms with Crippen molar-refractivity contribution in [2.24, 2.45) is 0 Å². The number of sulfonamides is 1. The molecule has 0 radical (unpaired) electrons. The monoisotopic (exact) mass is 407 g/mol. The molecule has 0 saturated carbocycles. The van der Waals surface area contributed by atoms with E-state index in [0.717, 1.165) is 6.42 Å². The first-order valence-electron chi connectivity index (χ1n) is 7.19. The van der Waals surface area contributed by atoms with Crippen LogP contribution in [-0.4, -0.2) is 41.1 Å². The van der Waals surface area contributed by atoms with Crippen molar-refractivity contribution in [1.82, 2.24) is 24.9 Å². The zero-order valence-corrected chi connectivity index (χ0v) is 15.5. The quantitative estimate of drug-likeness (QED) is 0.657. The number of rotatable bonds is 8. The molecule has 0 aliphatic carbocycles. The number of benzene rings is 1. The van der Waals surface area contributed by atoms with Gasteiger partial charge in [0, 0.05) is 6.54 Å². The number of nitrogens with one attached hydrogen (secondary N) is 1. The Morgan fingerprint density at radius 2 is 2.08 bits per heavy atom. The SMILES string of the molecule is CCCn1nnnc1COC(=O)CNS(=O)(=O)c1ccc(Cl)c(Cl)c1. The van der Waals surface area contributed by atoms with Gasteiger partial charge in [-0.1, -0.05) is 30.1 Å². The van der Waals surface area contributed by atoms with Gasteiger partial charge in [-0.2, -0.15) is 4.72 Å². The van der Waals surface area contributed by atoms with Crippen LogP contribution in [0.25, 0.3) is 0 Å². The van der Waals surface area contributed by atoms with Crippen molar-refractivity contribution in [3.05, 3.63) is 34.1 Å². The number of carbonyl (C=O) groups is 1. The molecule has 0 bridgehead atoms. The lowest BCUT2D eigenvalue weighted by Gasteiger charge is -2.08. The minimum atomic E-state index is -3.92. The van der Waals surface area contributed by atoms with E-state index in [9.17, 15) is 13.2 Å². The molecule has 1 N–H and O–H groups in total. The van der Waals surface area contributed by atoms with E-state index in [2.05, 4.69) is 20.2 Å². The number of tetrazole rings is 1. The van der Waals surface area contributed by atoms with Crippen LogP contribution in [0.4, 0.5) is 0 Å². The normalized spacial score (nSPS) is 11.5. The molecule has 0 atom stereocenters. The predicted octanol–water partition coefficient (Wildman–Crippen LogP) is 1.41. The van der Waals surface area contributed by atoms with Crippen LogP contribution in [-0.2, 0) is 32.7 Å². The third-order valence-corrected chi connectivity index (χ3v) is 5.15. The Kier molecular flexibility index (Phi) is 6.71. The highest BCUT2D eigenvalue weighted by Crippen LogP contribution is 2.24. The molecular formula is C13H15Cl2N5O4S. The first-order chi connectivity index (χ1) is 11.8. The van der Waals surface area contributed by atoms with E-state index in [1.807, 2.05) is 6.92 Å². The molecule has 0 aliphatic rings. The summed E-state index contributed by atoms with van der Waals surface area (Å²) in [7, 11) is -3.92. The molecule has 2 rings (SSSR count). The summed E-state index contributed by atoms with van der Waals surface area (Å²) in [5.74, 6) is -0.391. The third kappa shape index (κ3) is 5.36. The Balaban J connectivity index is 1.90. The summed E-state index contributed by atoms with van der Waals surface area (Å²) in [6.07, 6.45) is 0.815. The van der Waals surface area contributed by atoms with E-state index in [0.29, 0.717) is 12.4 Å². The zero-order chi connectivity index (χ0) is 18.4. The molecule has 12 heteroatoms. The lowest BCUT2D eigenvalue weighted by molar-refractivity contribution is -0.143. The highest BCUT2D eigenvalue weighted by atomic mass is 35.5. The molecule has 136 valence electrons. The smallest absolute Gasteiger partial charge is 0.321 e. The number of aromatic nitrogens is 4. The number of aryl methyl sites for hydroxylation is 1. The minimum Gasteiger partial charge on any atom is -0.456 e. The fourth-order valence-corrected chi connectivity index (χ4v) is 3.15. The van der Waals surface area contributed by atoms with Gasteiger partial charge in [0.15, 0.2) is 12.4 Å². The van der Waals surface area contributed by atoms with E-state index in [-0.39, 0.29) is 21.5 Å². The van der Waals surface area contributed by atoms with Crippen LogP contribution in [0.3, 0.4) is 0 Å². The number of halogens is 2. The molecule has 0 fully saturated rings. The van der Waals surface area contributed by atoms with E-state index < -0.39 is 22.5 Å². The van der Waals surface area contributed by atoms with Gasteiger partial charge in [0.05, 0.1) is 14.9 Å². The van der Waals surface area contributed by atoms with Crippen molar-refractivity contribution in [2.75, 3.05) is 6.54 Å². The maximum atomic E-state index is 12.1. The summed E-state index contributed by atoms with van der Waals surface area (Å²) in [5, 5.41) is 11.3. The van der Waals surface area contributed by atoms with Crippen LogP contribution in [0.15, 0.2) is 23.1 Å². The molecule has 9 nitrogen and oxygen atoms in total. The third-order valence-electron chi connectivity index (χ3n) is 3.01. The van der Waals surface area contributed by atoms with Crippen molar-refractivity contribution in [1.29, 1.82) is 0 Å². The first kappa shape index (κ1) is 19.6. The summed E-state index contributed by atoms with van der Waals surface area (Å²) in [5.41, 5.74) is 0.